The van der Waals surface area contributed by atoms with E-state index in [0.29, 0.717) is 0 Å². The maximum Gasteiger partial charge on any atom is 0.107 e. The largest absolute Gasteiger partial charge is 0.335 e. The number of nitriles is 1. The molecule has 0 N–H and O–H groups in total. The zero-order valence-corrected chi connectivity index (χ0v) is 13.9. The first-order chi connectivity index (χ1) is 11.8. The first-order valence-electron chi connectivity index (χ1n) is 8.26. The standard InChI is InChI=1S/C21H21N3/c1-18-23-14-16-24(18)15-8-13-21(17-22,19-9-4-2-5-10-19)20-11-6-3-7-12-20/h2-7,9-12,14,16H,8,13,15H2,1H3. The minimum Gasteiger partial charge on any atom is -0.335 e. The molecule has 0 aliphatic heterocycles. The smallest absolute Gasteiger partial charge is 0.107 e. The highest BCUT2D eigenvalue weighted by atomic mass is 15.0. The number of hydrogen-bond donors (Lipinski definition) is 0. The number of imidazole rings is 1. The van der Waals surface area contributed by atoms with E-state index in [2.05, 4.69) is 39.9 Å². The van der Waals surface area contributed by atoms with Gasteiger partial charge in [-0.3, -0.25) is 0 Å². The van der Waals surface area contributed by atoms with Gasteiger partial charge in [0.15, 0.2) is 0 Å². The highest BCUT2D eigenvalue weighted by Gasteiger charge is 2.33. The molecule has 0 radical (unpaired) electrons. The molecular formula is C21H21N3. The Balaban J connectivity index is 1.90. The van der Waals surface area contributed by atoms with Crippen LogP contribution in [0, 0.1) is 18.3 Å². The van der Waals surface area contributed by atoms with E-state index >= 15 is 0 Å². The molecule has 0 saturated heterocycles. The van der Waals surface area contributed by atoms with E-state index in [1.165, 1.54) is 0 Å². The second-order valence-electron chi connectivity index (χ2n) is 6.02. The van der Waals surface area contributed by atoms with Crippen LogP contribution in [-0.2, 0) is 12.0 Å². The molecule has 120 valence electrons. The van der Waals surface area contributed by atoms with Crippen LogP contribution in [0.3, 0.4) is 0 Å². The van der Waals surface area contributed by atoms with Crippen LogP contribution < -0.4 is 0 Å². The van der Waals surface area contributed by atoms with E-state index < -0.39 is 5.41 Å². The van der Waals surface area contributed by atoms with Gasteiger partial charge in [0, 0.05) is 18.9 Å². The van der Waals surface area contributed by atoms with Crippen LogP contribution >= 0.6 is 0 Å². The Morgan fingerprint density at radius 2 is 1.58 bits per heavy atom. The van der Waals surface area contributed by atoms with Gasteiger partial charge in [-0.05, 0) is 30.9 Å². The van der Waals surface area contributed by atoms with E-state index in [0.717, 1.165) is 36.3 Å². The Kier molecular flexibility index (Phi) is 4.77. The summed E-state index contributed by atoms with van der Waals surface area (Å²) in [6.07, 6.45) is 5.50. The van der Waals surface area contributed by atoms with E-state index in [1.54, 1.807) is 0 Å². The summed E-state index contributed by atoms with van der Waals surface area (Å²) in [6, 6.07) is 22.8. The van der Waals surface area contributed by atoms with Crippen molar-refractivity contribution in [3.63, 3.8) is 0 Å². The van der Waals surface area contributed by atoms with Gasteiger partial charge in [0.25, 0.3) is 0 Å². The van der Waals surface area contributed by atoms with Crippen molar-refractivity contribution in [2.45, 2.75) is 31.7 Å². The van der Waals surface area contributed by atoms with E-state index in [9.17, 15) is 5.26 Å². The van der Waals surface area contributed by atoms with Crippen molar-refractivity contribution in [1.29, 1.82) is 5.26 Å². The first-order valence-corrected chi connectivity index (χ1v) is 8.26. The topological polar surface area (TPSA) is 41.6 Å². The van der Waals surface area contributed by atoms with Gasteiger partial charge in [-0.2, -0.15) is 5.26 Å². The van der Waals surface area contributed by atoms with Gasteiger partial charge in [-0.25, -0.2) is 4.98 Å². The Bertz CT molecular complexity index is 774. The Labute approximate surface area is 143 Å². The third kappa shape index (κ3) is 3.09. The van der Waals surface area contributed by atoms with E-state index in [-0.39, 0.29) is 0 Å². The van der Waals surface area contributed by atoms with Crippen LogP contribution in [0.25, 0.3) is 0 Å². The molecule has 3 heteroatoms. The predicted octanol–water partition coefficient (Wildman–Crippen LogP) is 4.48. The lowest BCUT2D eigenvalue weighted by Gasteiger charge is -2.28. The summed E-state index contributed by atoms with van der Waals surface area (Å²) in [5.74, 6) is 1.01. The number of aryl methyl sites for hydroxylation is 2. The zero-order chi connectivity index (χ0) is 16.8. The van der Waals surface area contributed by atoms with Gasteiger partial charge in [-0.1, -0.05) is 60.7 Å². The zero-order valence-electron chi connectivity index (χ0n) is 13.9. The molecule has 3 rings (SSSR count). The quantitative estimate of drug-likeness (QED) is 0.673. The molecule has 0 fully saturated rings. The molecule has 0 atom stereocenters. The SMILES string of the molecule is Cc1nccn1CCCC(C#N)(c1ccccc1)c1ccccc1. The average molecular weight is 315 g/mol. The van der Waals surface area contributed by atoms with E-state index in [1.807, 2.05) is 55.7 Å². The fourth-order valence-corrected chi connectivity index (χ4v) is 3.24. The maximum atomic E-state index is 10.1. The van der Waals surface area contributed by atoms with Gasteiger partial charge in [0.2, 0.25) is 0 Å². The van der Waals surface area contributed by atoms with Gasteiger partial charge in [-0.15, -0.1) is 0 Å². The maximum absolute atomic E-state index is 10.1. The number of benzene rings is 2. The van der Waals surface area contributed by atoms with Crippen molar-refractivity contribution in [1.82, 2.24) is 9.55 Å². The fourth-order valence-electron chi connectivity index (χ4n) is 3.24. The Morgan fingerprint density at radius 1 is 1.00 bits per heavy atom. The van der Waals surface area contributed by atoms with Crippen LogP contribution in [0.4, 0.5) is 0 Å². The third-order valence-corrected chi connectivity index (χ3v) is 4.60. The molecule has 0 aliphatic rings. The summed E-state index contributed by atoms with van der Waals surface area (Å²) in [5, 5.41) is 10.1. The molecule has 0 aliphatic carbocycles. The van der Waals surface area contributed by atoms with Crippen LogP contribution in [-0.4, -0.2) is 9.55 Å². The average Bonchev–Trinajstić information content (AvgIpc) is 3.05. The van der Waals surface area contributed by atoms with Gasteiger partial charge < -0.3 is 4.57 Å². The Morgan fingerprint density at radius 3 is 2.04 bits per heavy atom. The molecule has 3 nitrogen and oxygen atoms in total. The normalized spacial score (nSPS) is 11.2. The summed E-state index contributed by atoms with van der Waals surface area (Å²) in [5.41, 5.74) is 1.50. The lowest BCUT2D eigenvalue weighted by atomic mass is 9.72. The summed E-state index contributed by atoms with van der Waals surface area (Å²) in [6.45, 7) is 2.88. The Hall–Kier alpha value is -2.86. The molecule has 0 amide bonds. The second kappa shape index (κ2) is 7.14. The van der Waals surface area contributed by atoms with Crippen LogP contribution in [0.2, 0.25) is 0 Å². The number of nitrogens with zero attached hydrogens (tertiary/aromatic N) is 3. The molecule has 24 heavy (non-hydrogen) atoms. The minimum atomic E-state index is -0.614. The lowest BCUT2D eigenvalue weighted by Crippen LogP contribution is -2.26. The summed E-state index contributed by atoms with van der Waals surface area (Å²) in [7, 11) is 0. The molecular weight excluding hydrogens is 294 g/mol. The second-order valence-corrected chi connectivity index (χ2v) is 6.02. The first kappa shape index (κ1) is 16.0. The molecule has 1 aromatic heterocycles. The molecule has 0 spiro atoms. The van der Waals surface area contributed by atoms with Crippen molar-refractivity contribution < 1.29 is 0 Å². The minimum absolute atomic E-state index is 0.614. The number of rotatable bonds is 6. The molecule has 1 heterocycles. The van der Waals surface area contributed by atoms with Crippen LogP contribution in [0.15, 0.2) is 73.1 Å². The van der Waals surface area contributed by atoms with Gasteiger partial charge in [0.1, 0.15) is 11.2 Å². The molecule has 2 aromatic carbocycles. The molecule has 0 bridgehead atoms. The predicted molar refractivity (Wildman–Crippen MR) is 95.5 cm³/mol. The van der Waals surface area contributed by atoms with E-state index in [4.69, 9.17) is 0 Å². The third-order valence-electron chi connectivity index (χ3n) is 4.60. The van der Waals surface area contributed by atoms with Crippen molar-refractivity contribution in [2.75, 3.05) is 0 Å². The molecule has 0 saturated carbocycles. The summed E-state index contributed by atoms with van der Waals surface area (Å²) >= 11 is 0. The monoisotopic (exact) mass is 315 g/mol. The lowest BCUT2D eigenvalue weighted by molar-refractivity contribution is 0.511. The summed E-state index contributed by atoms with van der Waals surface area (Å²) < 4.78 is 2.14. The van der Waals surface area contributed by atoms with Gasteiger partial charge >= 0.3 is 0 Å². The summed E-state index contributed by atoms with van der Waals surface area (Å²) in [4.78, 5) is 4.27. The highest BCUT2D eigenvalue weighted by Crippen LogP contribution is 2.36. The van der Waals surface area contributed by atoms with Crippen molar-refractivity contribution in [3.05, 3.63) is 90.0 Å². The highest BCUT2D eigenvalue weighted by molar-refractivity contribution is 5.45. The van der Waals surface area contributed by atoms with Crippen molar-refractivity contribution in [2.24, 2.45) is 0 Å². The van der Waals surface area contributed by atoms with Gasteiger partial charge in [0.05, 0.1) is 6.07 Å². The van der Waals surface area contributed by atoms with Crippen LogP contribution in [0.1, 0.15) is 29.8 Å². The number of hydrogen-bond acceptors (Lipinski definition) is 2. The number of aromatic nitrogens is 2. The molecule has 0 unspecified atom stereocenters. The van der Waals surface area contributed by atoms with Crippen molar-refractivity contribution >= 4 is 0 Å². The molecule has 3 aromatic rings. The van der Waals surface area contributed by atoms with Crippen LogP contribution in [0.5, 0.6) is 0 Å². The fraction of sp³-hybridized carbons (Fsp3) is 0.238. The van der Waals surface area contributed by atoms with Crippen molar-refractivity contribution in [3.8, 4) is 6.07 Å².